The average Bonchev–Trinajstić information content (AvgIpc) is 2.60. The number of hydrogen-bond acceptors (Lipinski definition) is 7. The first-order valence-corrected chi connectivity index (χ1v) is 9.95. The van der Waals surface area contributed by atoms with Gasteiger partial charge >= 0.3 is 11.9 Å². The molecule has 0 aromatic rings. The zero-order chi connectivity index (χ0) is 21.9. The molecule has 0 radical (unpaired) electrons. The number of carbonyl (C=O) groups excluding carboxylic acids is 3. The summed E-state index contributed by atoms with van der Waals surface area (Å²) in [6.45, 7) is 2.83. The van der Waals surface area contributed by atoms with E-state index in [1.807, 2.05) is 11.6 Å². The van der Waals surface area contributed by atoms with E-state index in [2.05, 4.69) is 10.6 Å². The van der Waals surface area contributed by atoms with E-state index in [1.54, 1.807) is 13.8 Å². The Kier molecular flexibility index (Phi) is 11.9. The number of carboxylic acids is 2. The van der Waals surface area contributed by atoms with Gasteiger partial charge in [-0.05, 0) is 24.3 Å². The first-order chi connectivity index (χ1) is 13.0. The van der Waals surface area contributed by atoms with Crippen LogP contribution in [-0.4, -0.2) is 76.6 Å². The highest BCUT2D eigenvalue weighted by Crippen LogP contribution is 2.04. The van der Waals surface area contributed by atoms with Crippen molar-refractivity contribution in [2.45, 2.75) is 44.8 Å². The van der Waals surface area contributed by atoms with Gasteiger partial charge in [-0.2, -0.15) is 11.8 Å². The Hall–Kier alpha value is -2.34. The summed E-state index contributed by atoms with van der Waals surface area (Å²) >= 11 is 1.54. The standard InChI is InChI=1S/C16H28N4O7S/c1-8(2)13(20-14(24)9(17)4-5-28-3)15(25)18-7-11(21)19-10(16(26)27)6-12(22)23/h8-10,13H,4-7,17H2,1-3H3,(H,18,25)(H,19,21)(H,20,24)(H,22,23)(H,26,27). The molecule has 3 amide bonds. The van der Waals surface area contributed by atoms with E-state index >= 15 is 0 Å². The van der Waals surface area contributed by atoms with Crippen molar-refractivity contribution >= 4 is 41.4 Å². The highest BCUT2D eigenvalue weighted by Gasteiger charge is 2.27. The average molecular weight is 420 g/mol. The number of carboxylic acid groups (broad SMARTS) is 2. The molecule has 0 rings (SSSR count). The Morgan fingerprint density at radius 2 is 1.64 bits per heavy atom. The van der Waals surface area contributed by atoms with Crippen molar-refractivity contribution in [1.29, 1.82) is 0 Å². The summed E-state index contributed by atoms with van der Waals surface area (Å²) in [5.41, 5.74) is 5.77. The third-order valence-corrected chi connectivity index (χ3v) is 4.30. The predicted molar refractivity (Wildman–Crippen MR) is 103 cm³/mol. The van der Waals surface area contributed by atoms with Gasteiger partial charge < -0.3 is 31.9 Å². The Labute approximate surface area is 167 Å². The second kappa shape index (κ2) is 12.9. The van der Waals surface area contributed by atoms with Crippen LogP contribution in [0.1, 0.15) is 26.7 Å². The highest BCUT2D eigenvalue weighted by atomic mass is 32.2. The van der Waals surface area contributed by atoms with Gasteiger partial charge in [0.2, 0.25) is 17.7 Å². The minimum Gasteiger partial charge on any atom is -0.481 e. The van der Waals surface area contributed by atoms with Gasteiger partial charge in [-0.25, -0.2) is 4.79 Å². The monoisotopic (exact) mass is 420 g/mol. The normalized spacial score (nSPS) is 13.9. The number of hydrogen-bond donors (Lipinski definition) is 6. The fourth-order valence-corrected chi connectivity index (χ4v) is 2.56. The number of nitrogens with one attached hydrogen (secondary N) is 3. The van der Waals surface area contributed by atoms with E-state index in [0.29, 0.717) is 12.2 Å². The summed E-state index contributed by atoms with van der Waals surface area (Å²) < 4.78 is 0. The quantitative estimate of drug-likeness (QED) is 0.203. The molecule has 0 aliphatic rings. The number of thioether (sulfide) groups is 1. The van der Waals surface area contributed by atoms with Gasteiger partial charge in [-0.1, -0.05) is 13.8 Å². The van der Waals surface area contributed by atoms with Crippen LogP contribution in [0, 0.1) is 5.92 Å². The van der Waals surface area contributed by atoms with Crippen LogP contribution in [-0.2, 0) is 24.0 Å². The number of aliphatic carboxylic acids is 2. The van der Waals surface area contributed by atoms with E-state index in [4.69, 9.17) is 15.9 Å². The molecular formula is C16H28N4O7S. The lowest BCUT2D eigenvalue weighted by Gasteiger charge is -2.23. The van der Waals surface area contributed by atoms with Crippen LogP contribution in [0.25, 0.3) is 0 Å². The molecule has 0 aliphatic carbocycles. The lowest BCUT2D eigenvalue weighted by molar-refractivity contribution is -0.147. The Morgan fingerprint density at radius 3 is 2.11 bits per heavy atom. The summed E-state index contributed by atoms with van der Waals surface area (Å²) in [7, 11) is 0. The maximum Gasteiger partial charge on any atom is 0.326 e. The predicted octanol–water partition coefficient (Wildman–Crippen LogP) is -1.63. The molecule has 0 spiro atoms. The topological polar surface area (TPSA) is 188 Å². The van der Waals surface area contributed by atoms with Gasteiger partial charge in [-0.15, -0.1) is 0 Å². The number of nitrogens with two attached hydrogens (primary N) is 1. The summed E-state index contributed by atoms with van der Waals surface area (Å²) in [6, 6.07) is -3.32. The van der Waals surface area contributed by atoms with Crippen molar-refractivity contribution in [2.24, 2.45) is 11.7 Å². The molecule has 0 fully saturated rings. The molecule has 28 heavy (non-hydrogen) atoms. The van der Waals surface area contributed by atoms with Crippen LogP contribution < -0.4 is 21.7 Å². The van der Waals surface area contributed by atoms with E-state index in [1.165, 1.54) is 11.8 Å². The van der Waals surface area contributed by atoms with Crippen LogP contribution >= 0.6 is 11.8 Å². The van der Waals surface area contributed by atoms with E-state index in [-0.39, 0.29) is 5.92 Å². The van der Waals surface area contributed by atoms with Gasteiger partial charge in [0.1, 0.15) is 12.1 Å². The molecule has 160 valence electrons. The van der Waals surface area contributed by atoms with Crippen LogP contribution in [0.4, 0.5) is 0 Å². The summed E-state index contributed by atoms with van der Waals surface area (Å²) in [5, 5.41) is 24.4. The molecule has 0 aromatic heterocycles. The third kappa shape index (κ3) is 10.1. The van der Waals surface area contributed by atoms with Crippen LogP contribution in [0.3, 0.4) is 0 Å². The second-order valence-corrected chi connectivity index (χ2v) is 7.38. The van der Waals surface area contributed by atoms with E-state index in [9.17, 15) is 24.0 Å². The van der Waals surface area contributed by atoms with Crippen LogP contribution in [0.5, 0.6) is 0 Å². The smallest absolute Gasteiger partial charge is 0.326 e. The van der Waals surface area contributed by atoms with Crippen molar-refractivity contribution in [1.82, 2.24) is 16.0 Å². The maximum absolute atomic E-state index is 12.3. The first-order valence-electron chi connectivity index (χ1n) is 8.56. The van der Waals surface area contributed by atoms with Gasteiger partial charge in [0.05, 0.1) is 19.0 Å². The minimum absolute atomic E-state index is 0.293. The maximum atomic E-state index is 12.3. The van der Waals surface area contributed by atoms with Crippen molar-refractivity contribution < 1.29 is 34.2 Å². The zero-order valence-corrected chi connectivity index (χ0v) is 16.9. The van der Waals surface area contributed by atoms with Crippen LogP contribution in [0.15, 0.2) is 0 Å². The van der Waals surface area contributed by atoms with Gasteiger partial charge in [0.15, 0.2) is 0 Å². The molecule has 0 saturated carbocycles. The Balaban J connectivity index is 4.72. The van der Waals surface area contributed by atoms with Gasteiger partial charge in [-0.3, -0.25) is 19.2 Å². The molecule has 0 aliphatic heterocycles. The van der Waals surface area contributed by atoms with Crippen molar-refractivity contribution in [2.75, 3.05) is 18.6 Å². The SMILES string of the molecule is CSCCC(N)C(=O)NC(C(=O)NCC(=O)NC(CC(=O)O)C(=O)O)C(C)C. The van der Waals surface area contributed by atoms with Gasteiger partial charge in [0.25, 0.3) is 0 Å². The second-order valence-electron chi connectivity index (χ2n) is 6.39. The molecule has 11 nitrogen and oxygen atoms in total. The molecule has 0 saturated heterocycles. The number of rotatable bonds is 13. The van der Waals surface area contributed by atoms with E-state index < -0.39 is 60.8 Å². The molecular weight excluding hydrogens is 392 g/mol. The Bertz CT molecular complexity index is 585. The first kappa shape index (κ1) is 25.7. The van der Waals surface area contributed by atoms with E-state index in [0.717, 1.165) is 0 Å². The largest absolute Gasteiger partial charge is 0.481 e. The lowest BCUT2D eigenvalue weighted by atomic mass is 10.0. The van der Waals surface area contributed by atoms with Gasteiger partial charge in [0, 0.05) is 0 Å². The summed E-state index contributed by atoms with van der Waals surface area (Å²) in [5.74, 6) is -4.49. The molecule has 12 heteroatoms. The number of amides is 3. The third-order valence-electron chi connectivity index (χ3n) is 3.65. The van der Waals surface area contributed by atoms with Crippen molar-refractivity contribution in [3.8, 4) is 0 Å². The fourth-order valence-electron chi connectivity index (χ4n) is 2.07. The fraction of sp³-hybridized carbons (Fsp3) is 0.688. The molecule has 3 unspecified atom stereocenters. The highest BCUT2D eigenvalue weighted by molar-refractivity contribution is 7.98. The minimum atomic E-state index is -1.61. The number of carbonyl (C=O) groups is 5. The van der Waals surface area contributed by atoms with Crippen LogP contribution in [0.2, 0.25) is 0 Å². The van der Waals surface area contributed by atoms with Crippen molar-refractivity contribution in [3.05, 3.63) is 0 Å². The molecule has 0 bridgehead atoms. The van der Waals surface area contributed by atoms with Crippen molar-refractivity contribution in [3.63, 3.8) is 0 Å². The summed E-state index contributed by atoms with van der Waals surface area (Å²) in [6.07, 6.45) is 1.53. The molecule has 0 aromatic carbocycles. The zero-order valence-electron chi connectivity index (χ0n) is 16.1. The summed E-state index contributed by atoms with van der Waals surface area (Å²) in [4.78, 5) is 57.7. The molecule has 7 N–H and O–H groups in total. The lowest BCUT2D eigenvalue weighted by Crippen LogP contribution is -2.55. The molecule has 3 atom stereocenters. The Morgan fingerprint density at radius 1 is 1.04 bits per heavy atom. The molecule has 0 heterocycles.